The lowest BCUT2D eigenvalue weighted by molar-refractivity contribution is -0.138. The molecule has 0 saturated heterocycles. The lowest BCUT2D eigenvalue weighted by Gasteiger charge is -2.42. The Bertz CT molecular complexity index is 1100. The second kappa shape index (κ2) is 6.96. The van der Waals surface area contributed by atoms with Crippen LogP contribution in [0.25, 0.3) is 0 Å². The summed E-state index contributed by atoms with van der Waals surface area (Å²) in [5.74, 6) is 2.25. The van der Waals surface area contributed by atoms with Gasteiger partial charge >= 0.3 is 6.18 Å². The van der Waals surface area contributed by atoms with E-state index in [1.807, 2.05) is 23.5 Å². The van der Waals surface area contributed by atoms with E-state index in [1.54, 1.807) is 17.0 Å². The van der Waals surface area contributed by atoms with Gasteiger partial charge in [-0.2, -0.15) is 13.2 Å². The molecule has 6 rings (SSSR count). The Labute approximate surface area is 183 Å². The van der Waals surface area contributed by atoms with E-state index < -0.39 is 11.7 Å². The Morgan fingerprint density at radius 1 is 1.07 bits per heavy atom. The minimum absolute atomic E-state index is 0.357. The molecule has 5 heteroatoms. The topological polar surface area (TPSA) is 0 Å². The van der Waals surface area contributed by atoms with Crippen LogP contribution in [0.4, 0.5) is 13.2 Å². The summed E-state index contributed by atoms with van der Waals surface area (Å²) in [6.45, 7) is 0. The van der Waals surface area contributed by atoms with Crippen molar-refractivity contribution in [1.82, 2.24) is 0 Å². The lowest BCUT2D eigenvalue weighted by atomic mass is 9.64. The molecule has 0 amide bonds. The summed E-state index contributed by atoms with van der Waals surface area (Å²) < 4.78 is 39.9. The molecule has 30 heavy (non-hydrogen) atoms. The van der Waals surface area contributed by atoms with Crippen LogP contribution in [0.3, 0.4) is 0 Å². The van der Waals surface area contributed by atoms with Gasteiger partial charge in [0.1, 0.15) is 0 Å². The standard InChI is InChI=1S/C25H21F3S2/c26-25(27,28)20-4-2-1-3-14(20)5-8-17-13-16-7-10-19-21-18(22(19)24(16)30-17)9-6-15-11-12-29-23(15)21/h1-4,6-7,9-10,17-18,21H,5,8,11-13H2. The number of fused-ring (bicyclic) bond motifs is 7. The third-order valence-electron chi connectivity index (χ3n) is 6.86. The molecule has 0 aromatic heterocycles. The van der Waals surface area contributed by atoms with Crippen molar-refractivity contribution in [2.24, 2.45) is 0 Å². The number of thioether (sulfide) groups is 2. The summed E-state index contributed by atoms with van der Waals surface area (Å²) in [7, 11) is 0. The van der Waals surface area contributed by atoms with Gasteiger partial charge in [-0.05, 0) is 64.5 Å². The van der Waals surface area contributed by atoms with E-state index in [9.17, 15) is 13.2 Å². The average molecular weight is 443 g/mol. The molecule has 0 spiro atoms. The summed E-state index contributed by atoms with van der Waals surface area (Å²) >= 11 is 3.93. The largest absolute Gasteiger partial charge is 0.416 e. The highest BCUT2D eigenvalue weighted by Crippen LogP contribution is 2.63. The molecular formula is C25H21F3S2. The summed E-state index contributed by atoms with van der Waals surface area (Å²) in [6, 6.07) is 10.6. The fourth-order valence-corrected chi connectivity index (χ4v) is 8.32. The number of alkyl halides is 3. The molecule has 2 aliphatic heterocycles. The van der Waals surface area contributed by atoms with Crippen molar-refractivity contribution in [2.45, 2.75) is 53.8 Å². The SMILES string of the molecule is FC(F)(F)c1ccccc1CCC1Cc2ccc3c(c2S1)C1C=CC2=C(SCC2)C31. The van der Waals surface area contributed by atoms with Gasteiger partial charge in [-0.1, -0.05) is 42.5 Å². The molecule has 3 unspecified atom stereocenters. The molecule has 3 atom stereocenters. The summed E-state index contributed by atoms with van der Waals surface area (Å²) in [6.07, 6.45) is 3.86. The van der Waals surface area contributed by atoms with E-state index in [4.69, 9.17) is 0 Å². The first-order valence-electron chi connectivity index (χ1n) is 10.5. The molecule has 0 N–H and O–H groups in total. The van der Waals surface area contributed by atoms with Crippen molar-refractivity contribution in [2.75, 3.05) is 5.75 Å². The third-order valence-corrected chi connectivity index (χ3v) is 9.55. The normalized spacial score (nSPS) is 26.2. The van der Waals surface area contributed by atoms with Crippen LogP contribution >= 0.6 is 23.5 Å². The molecular weight excluding hydrogens is 421 g/mol. The fraction of sp³-hybridized carbons (Fsp3) is 0.360. The van der Waals surface area contributed by atoms with Gasteiger partial charge in [0.25, 0.3) is 0 Å². The fourth-order valence-electron chi connectivity index (χ4n) is 5.46. The molecule has 4 aliphatic rings. The summed E-state index contributed by atoms with van der Waals surface area (Å²) in [5.41, 5.74) is 5.84. The zero-order valence-corrected chi connectivity index (χ0v) is 18.0. The number of aryl methyl sites for hydroxylation is 1. The monoisotopic (exact) mass is 442 g/mol. The van der Waals surface area contributed by atoms with Gasteiger partial charge in [0.2, 0.25) is 0 Å². The molecule has 2 aromatic carbocycles. The Morgan fingerprint density at radius 2 is 1.93 bits per heavy atom. The number of benzene rings is 2. The van der Waals surface area contributed by atoms with Crippen LogP contribution in [0.2, 0.25) is 0 Å². The van der Waals surface area contributed by atoms with Crippen molar-refractivity contribution in [3.8, 4) is 0 Å². The number of rotatable bonds is 3. The smallest absolute Gasteiger partial charge is 0.166 e. The van der Waals surface area contributed by atoms with E-state index in [2.05, 4.69) is 24.3 Å². The molecule has 0 fully saturated rings. The van der Waals surface area contributed by atoms with E-state index in [1.165, 1.54) is 51.5 Å². The van der Waals surface area contributed by atoms with E-state index in [0.29, 0.717) is 29.1 Å². The molecule has 0 nitrogen and oxygen atoms in total. The van der Waals surface area contributed by atoms with Crippen molar-refractivity contribution in [3.63, 3.8) is 0 Å². The van der Waals surface area contributed by atoms with Crippen LogP contribution in [0.1, 0.15) is 52.5 Å². The predicted molar refractivity (Wildman–Crippen MR) is 118 cm³/mol. The first-order valence-corrected chi connectivity index (χ1v) is 12.4. The van der Waals surface area contributed by atoms with Crippen molar-refractivity contribution in [1.29, 1.82) is 0 Å². The molecule has 2 aromatic rings. The Kier molecular flexibility index (Phi) is 4.44. The lowest BCUT2D eigenvalue weighted by Crippen LogP contribution is -2.26. The first kappa shape index (κ1) is 19.1. The number of halogens is 3. The predicted octanol–water partition coefficient (Wildman–Crippen LogP) is 7.50. The maximum absolute atomic E-state index is 13.3. The molecule has 2 heterocycles. The van der Waals surface area contributed by atoms with Gasteiger partial charge in [0, 0.05) is 27.7 Å². The van der Waals surface area contributed by atoms with Crippen LogP contribution in [0.5, 0.6) is 0 Å². The van der Waals surface area contributed by atoms with Crippen molar-refractivity contribution >= 4 is 23.5 Å². The first-order chi connectivity index (χ1) is 14.5. The van der Waals surface area contributed by atoms with E-state index >= 15 is 0 Å². The highest BCUT2D eigenvalue weighted by molar-refractivity contribution is 8.03. The molecule has 154 valence electrons. The maximum Gasteiger partial charge on any atom is 0.416 e. The van der Waals surface area contributed by atoms with Gasteiger partial charge < -0.3 is 0 Å². The highest BCUT2D eigenvalue weighted by Gasteiger charge is 2.45. The Morgan fingerprint density at radius 3 is 2.80 bits per heavy atom. The van der Waals surface area contributed by atoms with E-state index in [-0.39, 0.29) is 0 Å². The van der Waals surface area contributed by atoms with E-state index in [0.717, 1.165) is 12.8 Å². The number of allylic oxidation sites excluding steroid dienone is 4. The Hall–Kier alpha value is -1.59. The van der Waals surface area contributed by atoms with Gasteiger partial charge in [0.15, 0.2) is 0 Å². The second-order valence-corrected chi connectivity index (χ2v) is 11.0. The molecule has 0 radical (unpaired) electrons. The zero-order valence-electron chi connectivity index (χ0n) is 16.3. The molecule has 0 saturated carbocycles. The second-order valence-electron chi connectivity index (χ2n) is 8.54. The molecule has 2 aliphatic carbocycles. The maximum atomic E-state index is 13.3. The minimum atomic E-state index is -4.28. The van der Waals surface area contributed by atoms with Crippen LogP contribution < -0.4 is 0 Å². The zero-order chi connectivity index (χ0) is 20.5. The highest BCUT2D eigenvalue weighted by atomic mass is 32.2. The van der Waals surface area contributed by atoms with Crippen molar-refractivity contribution in [3.05, 3.63) is 86.8 Å². The van der Waals surface area contributed by atoms with Crippen LogP contribution in [0, 0.1) is 0 Å². The van der Waals surface area contributed by atoms with Gasteiger partial charge in [-0.25, -0.2) is 0 Å². The number of hydrogen-bond acceptors (Lipinski definition) is 2. The third kappa shape index (κ3) is 2.92. The number of hydrogen-bond donors (Lipinski definition) is 0. The summed E-state index contributed by atoms with van der Waals surface area (Å²) in [4.78, 5) is 3.00. The van der Waals surface area contributed by atoms with Crippen LogP contribution in [-0.2, 0) is 19.0 Å². The van der Waals surface area contributed by atoms with Gasteiger partial charge in [-0.15, -0.1) is 23.5 Å². The van der Waals surface area contributed by atoms with Gasteiger partial charge in [-0.3, -0.25) is 0 Å². The summed E-state index contributed by atoms with van der Waals surface area (Å²) in [5, 5.41) is 0.357. The average Bonchev–Trinajstić information content (AvgIpc) is 3.33. The Balaban J connectivity index is 1.21. The van der Waals surface area contributed by atoms with Crippen LogP contribution in [-0.4, -0.2) is 11.0 Å². The minimum Gasteiger partial charge on any atom is -0.166 e. The van der Waals surface area contributed by atoms with Crippen molar-refractivity contribution < 1.29 is 13.2 Å². The van der Waals surface area contributed by atoms with Gasteiger partial charge in [0.05, 0.1) is 5.56 Å². The quantitative estimate of drug-likeness (QED) is 0.483. The molecule has 0 bridgehead atoms. The van der Waals surface area contributed by atoms with Crippen LogP contribution in [0.15, 0.2) is 63.9 Å².